The van der Waals surface area contributed by atoms with Crippen molar-refractivity contribution in [2.75, 3.05) is 11.9 Å². The van der Waals surface area contributed by atoms with Gasteiger partial charge in [-0.05, 0) is 70.7 Å². The highest BCUT2D eigenvalue weighted by Crippen LogP contribution is 2.41. The van der Waals surface area contributed by atoms with Crippen molar-refractivity contribution in [1.82, 2.24) is 25.3 Å². The Morgan fingerprint density at radius 1 is 1.02 bits per heavy atom. The third-order valence-electron chi connectivity index (χ3n) is 9.69. The zero-order valence-electron chi connectivity index (χ0n) is 30.0. The second-order valence-corrected chi connectivity index (χ2v) is 19.1. The van der Waals surface area contributed by atoms with Crippen molar-refractivity contribution < 1.29 is 19.4 Å². The maximum Gasteiger partial charge on any atom is 0.409 e. The Morgan fingerprint density at radius 3 is 2.56 bits per heavy atom. The summed E-state index contributed by atoms with van der Waals surface area (Å²) in [6, 6.07) is 28.1. The number of pyridine rings is 1. The van der Waals surface area contributed by atoms with E-state index in [2.05, 4.69) is 65.9 Å². The van der Waals surface area contributed by atoms with Gasteiger partial charge in [0, 0.05) is 30.1 Å². The van der Waals surface area contributed by atoms with Crippen molar-refractivity contribution in [2.45, 2.75) is 58.1 Å². The Labute approximate surface area is 303 Å². The number of phenols is 1. The molecular formula is C40H44N6O5Si. The molecule has 5 N–H and O–H groups in total. The highest BCUT2D eigenvalue weighted by Gasteiger charge is 2.39. The number of fused-ring (bicyclic) bond motifs is 2. The number of amides is 1. The number of aromatic amines is 1. The van der Waals surface area contributed by atoms with Crippen LogP contribution >= 0.6 is 0 Å². The van der Waals surface area contributed by atoms with E-state index in [1.807, 2.05) is 83.6 Å². The summed E-state index contributed by atoms with van der Waals surface area (Å²) in [6.45, 7) is 12.6. The number of H-pyrrole nitrogens is 1. The van der Waals surface area contributed by atoms with Gasteiger partial charge < -0.3 is 24.9 Å². The van der Waals surface area contributed by atoms with E-state index in [-0.39, 0.29) is 22.5 Å². The van der Waals surface area contributed by atoms with E-state index in [4.69, 9.17) is 4.43 Å². The molecule has 0 aliphatic heterocycles. The number of benzene rings is 4. The maximum atomic E-state index is 12.1. The van der Waals surface area contributed by atoms with Crippen molar-refractivity contribution in [3.8, 4) is 16.9 Å². The molecule has 0 saturated heterocycles. The van der Waals surface area contributed by atoms with Gasteiger partial charge in [-0.25, -0.2) is 9.48 Å². The first-order valence-electron chi connectivity index (χ1n) is 17.2. The van der Waals surface area contributed by atoms with Gasteiger partial charge >= 0.3 is 6.09 Å². The number of hydrogen-bond donors (Lipinski definition) is 5. The first-order chi connectivity index (χ1) is 24.8. The van der Waals surface area contributed by atoms with E-state index in [0.717, 1.165) is 44.2 Å². The molecule has 6 rings (SSSR count). The Balaban J connectivity index is 1.15. The van der Waals surface area contributed by atoms with Crippen LogP contribution in [0.1, 0.15) is 43.6 Å². The highest BCUT2D eigenvalue weighted by molar-refractivity contribution is 6.74. The first-order valence-corrected chi connectivity index (χ1v) is 20.1. The fraction of sp³-hybridized carbons (Fsp3) is 0.250. The van der Waals surface area contributed by atoms with Crippen LogP contribution in [0.15, 0.2) is 102 Å². The number of phenolic OH excluding ortho intramolecular Hbond substituents is 1. The van der Waals surface area contributed by atoms with Crippen LogP contribution in [0.5, 0.6) is 5.75 Å². The Morgan fingerprint density at radius 2 is 1.81 bits per heavy atom. The molecule has 6 aromatic rings. The molecule has 0 spiro atoms. The van der Waals surface area contributed by atoms with Gasteiger partial charge in [0.2, 0.25) is 5.56 Å². The molecule has 2 heterocycles. The van der Waals surface area contributed by atoms with Crippen LogP contribution in [0.2, 0.25) is 18.1 Å². The first kappa shape index (κ1) is 36.2. The summed E-state index contributed by atoms with van der Waals surface area (Å²) in [5.74, 6) is 0.0204. The molecule has 1 atom stereocenters. The monoisotopic (exact) mass is 716 g/mol. The molecule has 0 aliphatic carbocycles. The lowest BCUT2D eigenvalue weighted by Gasteiger charge is -2.39. The molecule has 11 nitrogen and oxygen atoms in total. The largest absolute Gasteiger partial charge is 0.506 e. The van der Waals surface area contributed by atoms with Crippen LogP contribution in [0.3, 0.4) is 0 Å². The van der Waals surface area contributed by atoms with Crippen LogP contribution in [0.25, 0.3) is 39.1 Å². The molecule has 4 aromatic carbocycles. The number of allylic oxidation sites excluding steroid dienone is 1. The van der Waals surface area contributed by atoms with Crippen LogP contribution in [0, 0.1) is 0 Å². The summed E-state index contributed by atoms with van der Waals surface area (Å²) in [5.41, 5.74) is 6.82. The quantitative estimate of drug-likeness (QED) is 0.0793. The third kappa shape index (κ3) is 8.15. The zero-order chi connectivity index (χ0) is 37.0. The molecule has 268 valence electrons. The minimum Gasteiger partial charge on any atom is -0.506 e. The minimum atomic E-state index is -2.21. The van der Waals surface area contributed by atoms with Crippen molar-refractivity contribution in [3.05, 3.63) is 124 Å². The number of hydrogen-bond acceptors (Lipinski definition) is 7. The third-order valence-corrected chi connectivity index (χ3v) is 14.2. The fourth-order valence-corrected chi connectivity index (χ4v) is 7.21. The Bertz CT molecular complexity index is 2310. The minimum absolute atomic E-state index is 0.0204. The topological polar surface area (TPSA) is 154 Å². The molecule has 0 aliphatic rings. The van der Waals surface area contributed by atoms with Gasteiger partial charge in [0.15, 0.2) is 8.32 Å². The Kier molecular flexibility index (Phi) is 10.4. The lowest BCUT2D eigenvalue weighted by Crippen LogP contribution is -2.43. The molecule has 0 radical (unpaired) electrons. The van der Waals surface area contributed by atoms with Gasteiger partial charge in [-0.2, -0.15) is 0 Å². The van der Waals surface area contributed by atoms with Gasteiger partial charge in [0.25, 0.3) is 0 Å². The SMILES string of the molecule is CC(C)(C)[Si](C)(C)OC(CNCc1ccc2c(c1)nnn2C/C=C/c1ccc(-c2ccccc2)c(NC(=O)O)c1)c1ccc(O)c2[nH]c(=O)ccc12. The molecule has 52 heavy (non-hydrogen) atoms. The van der Waals surface area contributed by atoms with Crippen molar-refractivity contribution >= 4 is 48.1 Å². The zero-order valence-corrected chi connectivity index (χ0v) is 31.0. The normalized spacial score (nSPS) is 12.9. The summed E-state index contributed by atoms with van der Waals surface area (Å²) >= 11 is 0. The lowest BCUT2D eigenvalue weighted by atomic mass is 10.0. The smallest absolute Gasteiger partial charge is 0.409 e. The number of carbonyl (C=O) groups is 1. The number of aromatic hydroxyl groups is 1. The van der Waals surface area contributed by atoms with Crippen molar-refractivity contribution in [2.24, 2.45) is 0 Å². The van der Waals surface area contributed by atoms with Crippen LogP contribution in [0.4, 0.5) is 10.5 Å². The van der Waals surface area contributed by atoms with Gasteiger partial charge in [-0.1, -0.05) is 92.7 Å². The summed E-state index contributed by atoms with van der Waals surface area (Å²) in [5, 5.41) is 35.5. The summed E-state index contributed by atoms with van der Waals surface area (Å²) in [6.07, 6.45) is 2.46. The van der Waals surface area contributed by atoms with E-state index in [9.17, 15) is 19.8 Å². The molecule has 12 heteroatoms. The van der Waals surface area contributed by atoms with Gasteiger partial charge in [-0.3, -0.25) is 10.1 Å². The van der Waals surface area contributed by atoms with Crippen molar-refractivity contribution in [3.63, 3.8) is 0 Å². The molecule has 0 fully saturated rings. The number of anilines is 1. The summed E-state index contributed by atoms with van der Waals surface area (Å²) in [4.78, 5) is 26.3. The number of carboxylic acid groups (broad SMARTS) is 1. The fourth-order valence-electron chi connectivity index (χ4n) is 5.94. The molecular weight excluding hydrogens is 673 g/mol. The summed E-state index contributed by atoms with van der Waals surface area (Å²) < 4.78 is 8.76. The molecule has 1 unspecified atom stereocenters. The number of rotatable bonds is 12. The van der Waals surface area contributed by atoms with Gasteiger partial charge in [-0.15, -0.1) is 5.10 Å². The predicted molar refractivity (Wildman–Crippen MR) is 209 cm³/mol. The van der Waals surface area contributed by atoms with E-state index in [1.54, 1.807) is 12.1 Å². The van der Waals surface area contributed by atoms with Gasteiger partial charge in [0.1, 0.15) is 11.3 Å². The lowest BCUT2D eigenvalue weighted by molar-refractivity contribution is 0.181. The van der Waals surface area contributed by atoms with E-state index in [1.165, 1.54) is 6.07 Å². The summed E-state index contributed by atoms with van der Waals surface area (Å²) in [7, 11) is -2.21. The molecule has 0 bridgehead atoms. The average Bonchev–Trinajstić information content (AvgIpc) is 3.50. The Hall–Kier alpha value is -5.56. The van der Waals surface area contributed by atoms with E-state index >= 15 is 0 Å². The second-order valence-electron chi connectivity index (χ2n) is 14.4. The molecule has 1 amide bonds. The van der Waals surface area contributed by atoms with Crippen LogP contribution in [-0.2, 0) is 17.5 Å². The molecule has 0 saturated carbocycles. The average molecular weight is 717 g/mol. The maximum absolute atomic E-state index is 12.1. The van der Waals surface area contributed by atoms with Gasteiger partial charge in [0.05, 0.1) is 29.4 Å². The molecule has 2 aromatic heterocycles. The van der Waals surface area contributed by atoms with E-state index in [0.29, 0.717) is 30.8 Å². The number of nitrogens with zero attached hydrogens (tertiary/aromatic N) is 3. The standard InChI is InChI=1S/C40H44N6O5Si/c1-40(2,3)52(4,5)51-36(30-16-19-35(47)38-31(30)17-20-37(48)43-38)25-41-24-27-14-18-34-33(23-27)44-45-46(34)21-9-10-26-13-15-29(28-11-7-6-8-12-28)32(22-26)42-39(49)50/h6-20,22-23,36,41-42,47H,21,24-25H2,1-5H3,(H,43,48)(H,49,50)/b10-9+. The van der Waals surface area contributed by atoms with Crippen molar-refractivity contribution in [1.29, 1.82) is 0 Å². The van der Waals surface area contributed by atoms with Crippen LogP contribution in [-0.4, -0.2) is 51.1 Å². The highest BCUT2D eigenvalue weighted by atomic mass is 28.4. The van der Waals surface area contributed by atoms with E-state index < -0.39 is 14.4 Å². The second kappa shape index (κ2) is 15.0. The van der Waals surface area contributed by atoms with Crippen LogP contribution < -0.4 is 16.2 Å². The number of nitrogens with one attached hydrogen (secondary N) is 3. The predicted octanol–water partition coefficient (Wildman–Crippen LogP) is 8.30. The number of aromatic nitrogens is 4.